The zero-order chi connectivity index (χ0) is 21.7. The lowest BCUT2D eigenvalue weighted by Crippen LogP contribution is -2.44. The summed E-state index contributed by atoms with van der Waals surface area (Å²) in [4.78, 5) is 24.7. The maximum atomic E-state index is 12.6. The van der Waals surface area contributed by atoms with Gasteiger partial charge in [0.1, 0.15) is 5.75 Å². The number of nitrogens with one attached hydrogen (secondary N) is 1. The average molecular weight is 424 g/mol. The quantitative estimate of drug-likeness (QED) is 0.600. The molecule has 7 nitrogen and oxygen atoms in total. The van der Waals surface area contributed by atoms with Crippen molar-refractivity contribution in [3.05, 3.63) is 64.6 Å². The Labute approximate surface area is 181 Å². The molecule has 164 valence electrons. The number of hydrogen-bond donors (Lipinski definition) is 1. The van der Waals surface area contributed by atoms with Crippen LogP contribution in [0.2, 0.25) is 0 Å². The van der Waals surface area contributed by atoms with Crippen LogP contribution in [0.15, 0.2) is 57.7 Å². The van der Waals surface area contributed by atoms with Crippen molar-refractivity contribution < 1.29 is 18.7 Å². The van der Waals surface area contributed by atoms with E-state index in [1.807, 2.05) is 37.3 Å². The van der Waals surface area contributed by atoms with E-state index in [-0.39, 0.29) is 24.3 Å². The van der Waals surface area contributed by atoms with Crippen LogP contribution in [0.1, 0.15) is 31.7 Å². The molecule has 31 heavy (non-hydrogen) atoms. The van der Waals surface area contributed by atoms with Crippen molar-refractivity contribution in [1.82, 2.24) is 9.88 Å². The van der Waals surface area contributed by atoms with Crippen molar-refractivity contribution in [1.29, 1.82) is 0 Å². The largest absolute Gasteiger partial charge is 0.494 e. The average Bonchev–Trinajstić information content (AvgIpc) is 3.12. The molecule has 3 aromatic rings. The summed E-state index contributed by atoms with van der Waals surface area (Å²) in [5.74, 6) is 0.313. The summed E-state index contributed by atoms with van der Waals surface area (Å²) in [7, 11) is 0. The topological polar surface area (TPSA) is 82.7 Å². The number of nitrogens with zero attached hydrogens (tertiary/aromatic N) is 1. The predicted molar refractivity (Wildman–Crippen MR) is 117 cm³/mol. The summed E-state index contributed by atoms with van der Waals surface area (Å²) < 4.78 is 17.9. The summed E-state index contributed by atoms with van der Waals surface area (Å²) in [5.41, 5.74) is 2.24. The van der Waals surface area contributed by atoms with Crippen molar-refractivity contribution >= 4 is 17.0 Å². The van der Waals surface area contributed by atoms with E-state index in [1.165, 1.54) is 10.1 Å². The molecule has 0 saturated carbocycles. The fraction of sp³-hybridized carbons (Fsp3) is 0.417. The zero-order valence-electron chi connectivity index (χ0n) is 17.8. The van der Waals surface area contributed by atoms with E-state index < -0.39 is 5.76 Å². The van der Waals surface area contributed by atoms with Gasteiger partial charge in [-0.1, -0.05) is 24.3 Å². The highest BCUT2D eigenvalue weighted by atomic mass is 16.5. The summed E-state index contributed by atoms with van der Waals surface area (Å²) in [6.07, 6.45) is 1.89. The van der Waals surface area contributed by atoms with E-state index in [2.05, 4.69) is 17.4 Å². The Balaban J connectivity index is 1.41. The van der Waals surface area contributed by atoms with Gasteiger partial charge in [-0.05, 0) is 49.6 Å². The van der Waals surface area contributed by atoms with Crippen molar-refractivity contribution in [2.24, 2.45) is 0 Å². The smallest absolute Gasteiger partial charge is 0.419 e. The summed E-state index contributed by atoms with van der Waals surface area (Å²) >= 11 is 0. The van der Waals surface area contributed by atoms with Gasteiger partial charge in [-0.15, -0.1) is 0 Å². The Morgan fingerprint density at radius 2 is 1.87 bits per heavy atom. The SMILES string of the molecule is CCOc1ccc(C2(CNC(=O)CCn3c(=O)oc4ccccc43)CCOCC2)cc1. The Morgan fingerprint density at radius 3 is 2.61 bits per heavy atom. The molecule has 1 N–H and O–H groups in total. The number of ether oxygens (including phenoxy) is 2. The van der Waals surface area contributed by atoms with Gasteiger partial charge in [-0.3, -0.25) is 9.36 Å². The van der Waals surface area contributed by atoms with E-state index in [9.17, 15) is 9.59 Å². The van der Waals surface area contributed by atoms with Crippen LogP contribution in [0.3, 0.4) is 0 Å². The molecule has 1 aromatic heterocycles. The van der Waals surface area contributed by atoms with Crippen molar-refractivity contribution in [2.75, 3.05) is 26.4 Å². The van der Waals surface area contributed by atoms with Gasteiger partial charge in [0.15, 0.2) is 5.58 Å². The van der Waals surface area contributed by atoms with Gasteiger partial charge in [0.05, 0.1) is 12.1 Å². The Bertz CT molecular complexity index is 1080. The molecule has 1 aliphatic rings. The second-order valence-electron chi connectivity index (χ2n) is 7.86. The number of rotatable bonds is 8. The molecule has 1 fully saturated rings. The first-order chi connectivity index (χ1) is 15.1. The second kappa shape index (κ2) is 9.39. The number of hydrogen-bond acceptors (Lipinski definition) is 5. The number of aryl methyl sites for hydroxylation is 1. The fourth-order valence-electron chi connectivity index (χ4n) is 4.20. The van der Waals surface area contributed by atoms with Gasteiger partial charge in [0.25, 0.3) is 0 Å². The standard InChI is InChI=1S/C24H28N2O5/c1-2-30-19-9-7-18(8-10-19)24(12-15-29-16-13-24)17-25-22(27)11-14-26-20-5-3-4-6-21(20)31-23(26)28/h3-10H,2,11-17H2,1H3,(H,25,27). The molecule has 2 aromatic carbocycles. The molecule has 4 rings (SSSR count). The van der Waals surface area contributed by atoms with Crippen LogP contribution >= 0.6 is 0 Å². The Kier molecular flexibility index (Phi) is 6.42. The number of carbonyl (C=O) groups is 1. The number of para-hydroxylation sites is 2. The minimum absolute atomic E-state index is 0.0889. The highest BCUT2D eigenvalue weighted by molar-refractivity contribution is 5.77. The van der Waals surface area contributed by atoms with Crippen molar-refractivity contribution in [3.63, 3.8) is 0 Å². The predicted octanol–water partition coefficient (Wildman–Crippen LogP) is 3.25. The highest BCUT2D eigenvalue weighted by Gasteiger charge is 2.34. The van der Waals surface area contributed by atoms with Crippen LogP contribution in [0.5, 0.6) is 5.75 Å². The molecule has 0 unspecified atom stereocenters. The fourth-order valence-corrected chi connectivity index (χ4v) is 4.20. The van der Waals surface area contributed by atoms with E-state index in [1.54, 1.807) is 6.07 Å². The number of oxazole rings is 1. The monoisotopic (exact) mass is 424 g/mol. The number of fused-ring (bicyclic) bond motifs is 1. The first-order valence-corrected chi connectivity index (χ1v) is 10.8. The highest BCUT2D eigenvalue weighted by Crippen LogP contribution is 2.35. The number of aromatic nitrogens is 1. The summed E-state index contributed by atoms with van der Waals surface area (Å²) in [6.45, 7) is 4.73. The Hall–Kier alpha value is -3.06. The van der Waals surface area contributed by atoms with E-state index in [4.69, 9.17) is 13.9 Å². The molecule has 1 aliphatic heterocycles. The van der Waals surface area contributed by atoms with Crippen LogP contribution in [0, 0.1) is 0 Å². The van der Waals surface area contributed by atoms with Crippen LogP contribution in [-0.2, 0) is 21.5 Å². The number of benzene rings is 2. The first-order valence-electron chi connectivity index (χ1n) is 10.8. The van der Waals surface area contributed by atoms with Crippen LogP contribution in [-0.4, -0.2) is 36.8 Å². The molecule has 2 heterocycles. The molecule has 7 heteroatoms. The van der Waals surface area contributed by atoms with Crippen molar-refractivity contribution in [3.8, 4) is 5.75 Å². The lowest BCUT2D eigenvalue weighted by atomic mass is 9.74. The van der Waals surface area contributed by atoms with Gasteiger partial charge in [-0.2, -0.15) is 0 Å². The first kappa shape index (κ1) is 21.2. The minimum Gasteiger partial charge on any atom is -0.494 e. The molecular formula is C24H28N2O5. The summed E-state index contributed by atoms with van der Waals surface area (Å²) in [6, 6.07) is 15.4. The van der Waals surface area contributed by atoms with Gasteiger partial charge >= 0.3 is 5.76 Å². The molecule has 0 atom stereocenters. The van der Waals surface area contributed by atoms with Gasteiger partial charge in [0, 0.05) is 38.1 Å². The summed E-state index contributed by atoms with van der Waals surface area (Å²) in [5, 5.41) is 3.09. The number of carbonyl (C=O) groups excluding carboxylic acids is 1. The molecule has 0 aliphatic carbocycles. The molecule has 0 radical (unpaired) electrons. The van der Waals surface area contributed by atoms with Gasteiger partial charge < -0.3 is 19.2 Å². The van der Waals surface area contributed by atoms with Crippen LogP contribution < -0.4 is 15.8 Å². The third-order valence-corrected chi connectivity index (χ3v) is 5.99. The lowest BCUT2D eigenvalue weighted by Gasteiger charge is -2.38. The third kappa shape index (κ3) is 4.66. The van der Waals surface area contributed by atoms with Gasteiger partial charge in [-0.25, -0.2) is 4.79 Å². The minimum atomic E-state index is -0.440. The van der Waals surface area contributed by atoms with Crippen molar-refractivity contribution in [2.45, 2.75) is 38.1 Å². The number of amides is 1. The normalized spacial score (nSPS) is 15.6. The lowest BCUT2D eigenvalue weighted by molar-refractivity contribution is -0.121. The third-order valence-electron chi connectivity index (χ3n) is 5.99. The van der Waals surface area contributed by atoms with Crippen LogP contribution in [0.25, 0.3) is 11.1 Å². The van der Waals surface area contributed by atoms with E-state index in [0.29, 0.717) is 37.5 Å². The maximum absolute atomic E-state index is 12.6. The Morgan fingerprint density at radius 1 is 1.13 bits per heavy atom. The second-order valence-corrected chi connectivity index (χ2v) is 7.86. The molecular weight excluding hydrogens is 396 g/mol. The zero-order valence-corrected chi connectivity index (χ0v) is 17.8. The van der Waals surface area contributed by atoms with Crippen LogP contribution in [0.4, 0.5) is 0 Å². The molecule has 1 amide bonds. The van der Waals surface area contributed by atoms with E-state index >= 15 is 0 Å². The molecule has 0 bridgehead atoms. The van der Waals surface area contributed by atoms with Gasteiger partial charge in [0.2, 0.25) is 5.91 Å². The molecule has 0 spiro atoms. The molecule has 1 saturated heterocycles. The van der Waals surface area contributed by atoms with E-state index in [0.717, 1.165) is 18.6 Å². The maximum Gasteiger partial charge on any atom is 0.419 e.